The number of nitrogens with zero attached hydrogens (tertiary/aromatic N) is 1. The van der Waals surface area contributed by atoms with Crippen molar-refractivity contribution in [3.05, 3.63) is 24.5 Å². The predicted molar refractivity (Wildman–Crippen MR) is 46.0 cm³/mol. The Balaban J connectivity index is 1.84. The maximum absolute atomic E-state index is 3.41. The van der Waals surface area contributed by atoms with E-state index in [9.17, 15) is 0 Å². The largest absolute Gasteiger partial charge is 0.323 e. The number of aromatic nitrogens is 1. The van der Waals surface area contributed by atoms with Crippen LogP contribution in [0.4, 0.5) is 0 Å². The van der Waals surface area contributed by atoms with Crippen LogP contribution in [0.25, 0.3) is 0 Å². The predicted octanol–water partition coefficient (Wildman–Crippen LogP) is 1.83. The molecule has 11 heavy (non-hydrogen) atoms. The van der Waals surface area contributed by atoms with Crippen LogP contribution in [-0.4, -0.2) is 10.7 Å². The fraction of sp³-hybridized carbons (Fsp3) is 0.556. The zero-order valence-corrected chi connectivity index (χ0v) is 6.83. The Morgan fingerprint density at radius 2 is 1.91 bits per heavy atom. The van der Waals surface area contributed by atoms with Crippen LogP contribution in [0.15, 0.2) is 24.5 Å². The molecule has 1 aromatic rings. The van der Waals surface area contributed by atoms with Gasteiger partial charge in [0, 0.05) is 18.4 Å². The lowest BCUT2D eigenvalue weighted by molar-refractivity contribution is 0.292. The van der Waals surface area contributed by atoms with Gasteiger partial charge in [0.1, 0.15) is 0 Å². The standard InChI is InChI=1S/C9H14N2/c1-8-6-9(7-8)10-11-4-2-3-5-11/h2-5,8-10H,6-7H2,1H3. The van der Waals surface area contributed by atoms with Crippen molar-refractivity contribution in [2.45, 2.75) is 25.8 Å². The fourth-order valence-electron chi connectivity index (χ4n) is 1.64. The van der Waals surface area contributed by atoms with E-state index >= 15 is 0 Å². The van der Waals surface area contributed by atoms with Gasteiger partial charge in [0.25, 0.3) is 0 Å². The van der Waals surface area contributed by atoms with Gasteiger partial charge in [-0.3, -0.25) is 4.68 Å². The smallest absolute Gasteiger partial charge is 0.0429 e. The molecule has 2 heteroatoms. The Kier molecular flexibility index (Phi) is 1.60. The molecule has 1 aliphatic carbocycles. The van der Waals surface area contributed by atoms with Gasteiger partial charge in [-0.05, 0) is 30.9 Å². The molecule has 2 nitrogen and oxygen atoms in total. The van der Waals surface area contributed by atoms with Crippen LogP contribution in [0.2, 0.25) is 0 Å². The third kappa shape index (κ3) is 1.39. The second kappa shape index (κ2) is 2.61. The monoisotopic (exact) mass is 150 g/mol. The molecule has 0 atom stereocenters. The average molecular weight is 150 g/mol. The normalized spacial score (nSPS) is 29.5. The van der Waals surface area contributed by atoms with Crippen LogP contribution >= 0.6 is 0 Å². The molecule has 0 saturated heterocycles. The van der Waals surface area contributed by atoms with Crippen LogP contribution in [0, 0.1) is 5.92 Å². The van der Waals surface area contributed by atoms with Crippen LogP contribution < -0.4 is 5.43 Å². The molecule has 2 rings (SSSR count). The summed E-state index contributed by atoms with van der Waals surface area (Å²) in [6.07, 6.45) is 6.72. The lowest BCUT2D eigenvalue weighted by Gasteiger charge is -2.34. The first-order valence-electron chi connectivity index (χ1n) is 4.24. The first kappa shape index (κ1) is 6.77. The summed E-state index contributed by atoms with van der Waals surface area (Å²) in [6, 6.07) is 4.78. The van der Waals surface area contributed by atoms with Crippen molar-refractivity contribution >= 4 is 0 Å². The average Bonchev–Trinajstić information content (AvgIpc) is 2.36. The van der Waals surface area contributed by atoms with Gasteiger partial charge in [-0.2, -0.15) is 0 Å². The molecule has 1 heterocycles. The molecule has 0 unspecified atom stereocenters. The molecule has 1 aromatic heterocycles. The van der Waals surface area contributed by atoms with Crippen molar-refractivity contribution in [3.63, 3.8) is 0 Å². The van der Waals surface area contributed by atoms with Crippen LogP contribution in [-0.2, 0) is 0 Å². The molecule has 0 aliphatic heterocycles. The first-order valence-corrected chi connectivity index (χ1v) is 4.24. The van der Waals surface area contributed by atoms with Gasteiger partial charge in [-0.25, -0.2) is 0 Å². The molecule has 0 spiro atoms. The summed E-state index contributed by atoms with van der Waals surface area (Å²) in [5.41, 5.74) is 3.41. The van der Waals surface area contributed by atoms with Gasteiger partial charge in [0.2, 0.25) is 0 Å². The Labute approximate surface area is 67.2 Å². The van der Waals surface area contributed by atoms with Gasteiger partial charge in [0.15, 0.2) is 0 Å². The van der Waals surface area contributed by atoms with Crippen molar-refractivity contribution in [2.75, 3.05) is 5.43 Å². The Bertz CT molecular complexity index is 209. The first-order chi connectivity index (χ1) is 5.34. The quantitative estimate of drug-likeness (QED) is 0.680. The molecule has 0 aromatic carbocycles. The second-order valence-corrected chi connectivity index (χ2v) is 3.49. The van der Waals surface area contributed by atoms with E-state index in [2.05, 4.69) is 12.3 Å². The van der Waals surface area contributed by atoms with Crippen LogP contribution in [0.3, 0.4) is 0 Å². The van der Waals surface area contributed by atoms with E-state index in [1.54, 1.807) is 0 Å². The third-order valence-electron chi connectivity index (χ3n) is 2.31. The number of hydrogen-bond acceptors (Lipinski definition) is 1. The van der Waals surface area contributed by atoms with Crippen LogP contribution in [0.5, 0.6) is 0 Å². The van der Waals surface area contributed by atoms with Gasteiger partial charge in [-0.1, -0.05) is 6.92 Å². The summed E-state index contributed by atoms with van der Waals surface area (Å²) in [6.45, 7) is 2.30. The molecular weight excluding hydrogens is 136 g/mol. The summed E-state index contributed by atoms with van der Waals surface area (Å²) in [4.78, 5) is 0. The highest BCUT2D eigenvalue weighted by Crippen LogP contribution is 2.26. The highest BCUT2D eigenvalue weighted by molar-refractivity contribution is 4.98. The molecule has 1 saturated carbocycles. The maximum atomic E-state index is 3.41. The van der Waals surface area contributed by atoms with E-state index in [-0.39, 0.29) is 0 Å². The van der Waals surface area contributed by atoms with E-state index in [0.717, 1.165) is 5.92 Å². The molecule has 1 aliphatic rings. The third-order valence-corrected chi connectivity index (χ3v) is 2.31. The van der Waals surface area contributed by atoms with Gasteiger partial charge >= 0.3 is 0 Å². The van der Waals surface area contributed by atoms with Crippen molar-refractivity contribution < 1.29 is 0 Å². The lowest BCUT2D eigenvalue weighted by atomic mass is 9.82. The number of nitrogens with one attached hydrogen (secondary N) is 1. The number of rotatable bonds is 2. The van der Waals surface area contributed by atoms with Crippen molar-refractivity contribution in [2.24, 2.45) is 5.92 Å². The molecule has 0 amide bonds. The van der Waals surface area contributed by atoms with E-state index in [1.807, 2.05) is 29.2 Å². The Morgan fingerprint density at radius 3 is 2.45 bits per heavy atom. The molecule has 1 fully saturated rings. The molecule has 60 valence electrons. The summed E-state index contributed by atoms with van der Waals surface area (Å²) in [5, 5.41) is 0. The lowest BCUT2D eigenvalue weighted by Crippen LogP contribution is -2.37. The van der Waals surface area contributed by atoms with Crippen molar-refractivity contribution in [1.82, 2.24) is 4.68 Å². The van der Waals surface area contributed by atoms with Crippen molar-refractivity contribution in [3.8, 4) is 0 Å². The zero-order valence-electron chi connectivity index (χ0n) is 6.83. The summed E-state index contributed by atoms with van der Waals surface area (Å²) >= 11 is 0. The maximum Gasteiger partial charge on any atom is 0.0429 e. The minimum absolute atomic E-state index is 0.706. The molecule has 0 radical (unpaired) electrons. The highest BCUT2D eigenvalue weighted by atomic mass is 15.4. The Hall–Kier alpha value is -0.920. The summed E-state index contributed by atoms with van der Waals surface area (Å²) in [5.74, 6) is 0.920. The van der Waals surface area contributed by atoms with Gasteiger partial charge < -0.3 is 5.43 Å². The van der Waals surface area contributed by atoms with E-state index < -0.39 is 0 Å². The van der Waals surface area contributed by atoms with Crippen LogP contribution in [0.1, 0.15) is 19.8 Å². The summed E-state index contributed by atoms with van der Waals surface area (Å²) in [7, 11) is 0. The molecule has 1 N–H and O–H groups in total. The minimum Gasteiger partial charge on any atom is -0.323 e. The molecular formula is C9H14N2. The summed E-state index contributed by atoms with van der Waals surface area (Å²) < 4.78 is 2.04. The topological polar surface area (TPSA) is 17.0 Å². The van der Waals surface area contributed by atoms with E-state index in [1.165, 1.54) is 12.8 Å². The highest BCUT2D eigenvalue weighted by Gasteiger charge is 2.24. The minimum atomic E-state index is 0.706. The van der Waals surface area contributed by atoms with E-state index in [0.29, 0.717) is 6.04 Å². The van der Waals surface area contributed by atoms with E-state index in [4.69, 9.17) is 0 Å². The molecule has 0 bridgehead atoms. The Morgan fingerprint density at radius 1 is 1.27 bits per heavy atom. The zero-order chi connectivity index (χ0) is 7.68. The van der Waals surface area contributed by atoms with Gasteiger partial charge in [-0.15, -0.1) is 0 Å². The SMILES string of the molecule is CC1CC(Nn2cccc2)C1. The number of hydrogen-bond donors (Lipinski definition) is 1. The fourth-order valence-corrected chi connectivity index (χ4v) is 1.64. The van der Waals surface area contributed by atoms with Gasteiger partial charge in [0.05, 0.1) is 0 Å². The second-order valence-electron chi connectivity index (χ2n) is 3.49. The van der Waals surface area contributed by atoms with Crippen molar-refractivity contribution in [1.29, 1.82) is 0 Å².